The van der Waals surface area contributed by atoms with Crippen molar-refractivity contribution in [1.82, 2.24) is 0 Å². The topological polar surface area (TPSA) is 26.0 Å². The van der Waals surface area contributed by atoms with E-state index in [1.54, 1.807) is 0 Å². The molecule has 0 bridgehead atoms. The van der Waals surface area contributed by atoms with E-state index in [9.17, 15) is 0 Å². The standard InChI is InChI=1S/C14H14ClN/c1-9-6-12(8-14(16)10(9)2)11-4-3-5-13(15)7-11/h3-8H,16H2,1-2H3. The van der Waals surface area contributed by atoms with Crippen LogP contribution in [0.25, 0.3) is 11.1 Å². The van der Waals surface area contributed by atoms with Crippen molar-refractivity contribution in [3.8, 4) is 11.1 Å². The summed E-state index contributed by atoms with van der Waals surface area (Å²) >= 11 is 5.97. The molecule has 0 aliphatic rings. The molecule has 2 N–H and O–H groups in total. The second kappa shape index (κ2) is 4.18. The monoisotopic (exact) mass is 231 g/mol. The average Bonchev–Trinajstić information content (AvgIpc) is 2.25. The molecular weight excluding hydrogens is 218 g/mol. The Morgan fingerprint density at radius 1 is 1.00 bits per heavy atom. The molecule has 0 fully saturated rings. The number of hydrogen-bond acceptors (Lipinski definition) is 1. The molecule has 0 aliphatic carbocycles. The zero-order chi connectivity index (χ0) is 11.7. The van der Waals surface area contributed by atoms with Gasteiger partial charge < -0.3 is 5.73 Å². The Balaban J connectivity index is 2.57. The van der Waals surface area contributed by atoms with Crippen molar-refractivity contribution in [1.29, 1.82) is 0 Å². The lowest BCUT2D eigenvalue weighted by molar-refractivity contribution is 1.34. The summed E-state index contributed by atoms with van der Waals surface area (Å²) < 4.78 is 0. The van der Waals surface area contributed by atoms with Crippen molar-refractivity contribution < 1.29 is 0 Å². The molecule has 2 rings (SSSR count). The van der Waals surface area contributed by atoms with Crippen molar-refractivity contribution in [2.24, 2.45) is 0 Å². The Bertz CT molecular complexity index is 509. The van der Waals surface area contributed by atoms with Gasteiger partial charge in [0.15, 0.2) is 0 Å². The third kappa shape index (κ3) is 2.05. The maximum Gasteiger partial charge on any atom is 0.0412 e. The number of nitrogens with two attached hydrogens (primary N) is 1. The maximum atomic E-state index is 5.97. The largest absolute Gasteiger partial charge is 0.398 e. The van der Waals surface area contributed by atoms with E-state index in [4.69, 9.17) is 17.3 Å². The molecule has 0 unspecified atom stereocenters. The predicted molar refractivity (Wildman–Crippen MR) is 70.8 cm³/mol. The zero-order valence-corrected chi connectivity index (χ0v) is 10.2. The zero-order valence-electron chi connectivity index (χ0n) is 9.42. The molecular formula is C14H14ClN. The smallest absolute Gasteiger partial charge is 0.0412 e. The summed E-state index contributed by atoms with van der Waals surface area (Å²) in [7, 11) is 0. The molecule has 0 saturated heterocycles. The minimum Gasteiger partial charge on any atom is -0.398 e. The second-order valence-electron chi connectivity index (χ2n) is 4.02. The molecule has 0 radical (unpaired) electrons. The van der Waals surface area contributed by atoms with E-state index in [0.717, 1.165) is 27.4 Å². The summed E-state index contributed by atoms with van der Waals surface area (Å²) in [5, 5.41) is 0.745. The molecule has 2 aromatic carbocycles. The van der Waals surface area contributed by atoms with Gasteiger partial charge in [-0.1, -0.05) is 29.8 Å². The third-order valence-electron chi connectivity index (χ3n) is 2.87. The lowest BCUT2D eigenvalue weighted by atomic mass is 9.99. The summed E-state index contributed by atoms with van der Waals surface area (Å²) in [5.41, 5.74) is 11.4. The highest BCUT2D eigenvalue weighted by Gasteiger charge is 2.04. The van der Waals surface area contributed by atoms with Crippen molar-refractivity contribution in [2.45, 2.75) is 13.8 Å². The molecule has 0 heterocycles. The molecule has 2 heteroatoms. The lowest BCUT2D eigenvalue weighted by Crippen LogP contribution is -1.93. The lowest BCUT2D eigenvalue weighted by Gasteiger charge is -2.09. The van der Waals surface area contributed by atoms with Crippen LogP contribution in [0.15, 0.2) is 36.4 Å². The summed E-state index contributed by atoms with van der Waals surface area (Å²) in [6, 6.07) is 11.9. The first-order valence-corrected chi connectivity index (χ1v) is 5.58. The van der Waals surface area contributed by atoms with Crippen LogP contribution in [0.2, 0.25) is 5.02 Å². The van der Waals surface area contributed by atoms with Crippen molar-refractivity contribution in [2.75, 3.05) is 5.73 Å². The van der Waals surface area contributed by atoms with E-state index in [1.165, 1.54) is 5.56 Å². The average molecular weight is 232 g/mol. The second-order valence-corrected chi connectivity index (χ2v) is 4.45. The van der Waals surface area contributed by atoms with Crippen LogP contribution in [0.5, 0.6) is 0 Å². The van der Waals surface area contributed by atoms with Gasteiger partial charge in [-0.2, -0.15) is 0 Å². The predicted octanol–water partition coefficient (Wildman–Crippen LogP) is 4.21. The molecule has 1 nitrogen and oxygen atoms in total. The van der Waals surface area contributed by atoms with Crippen LogP contribution in [0.4, 0.5) is 5.69 Å². The summed E-state index contributed by atoms with van der Waals surface area (Å²) in [5.74, 6) is 0. The van der Waals surface area contributed by atoms with Crippen LogP contribution in [0.1, 0.15) is 11.1 Å². The first-order valence-electron chi connectivity index (χ1n) is 5.20. The van der Waals surface area contributed by atoms with Gasteiger partial charge in [-0.25, -0.2) is 0 Å². The highest BCUT2D eigenvalue weighted by molar-refractivity contribution is 6.30. The Morgan fingerprint density at radius 2 is 1.75 bits per heavy atom. The minimum absolute atomic E-state index is 0.745. The summed E-state index contributed by atoms with van der Waals surface area (Å²) in [6.07, 6.45) is 0. The van der Waals surface area contributed by atoms with E-state index >= 15 is 0 Å². The van der Waals surface area contributed by atoms with Crippen LogP contribution < -0.4 is 5.73 Å². The fourth-order valence-electron chi connectivity index (χ4n) is 1.72. The van der Waals surface area contributed by atoms with Crippen LogP contribution in [-0.2, 0) is 0 Å². The van der Waals surface area contributed by atoms with Gasteiger partial charge in [-0.15, -0.1) is 0 Å². The quantitative estimate of drug-likeness (QED) is 0.732. The Hall–Kier alpha value is -1.47. The highest BCUT2D eigenvalue weighted by Crippen LogP contribution is 2.28. The highest BCUT2D eigenvalue weighted by atomic mass is 35.5. The summed E-state index contributed by atoms with van der Waals surface area (Å²) in [4.78, 5) is 0. The molecule has 0 saturated carbocycles. The van der Waals surface area contributed by atoms with Crippen molar-refractivity contribution in [3.05, 3.63) is 52.5 Å². The van der Waals surface area contributed by atoms with Crippen molar-refractivity contribution in [3.63, 3.8) is 0 Å². The molecule has 0 amide bonds. The third-order valence-corrected chi connectivity index (χ3v) is 3.10. The minimum atomic E-state index is 0.745. The molecule has 0 aromatic heterocycles. The Labute approximate surface area is 101 Å². The van der Waals surface area contributed by atoms with Gasteiger partial charge in [-0.05, 0) is 54.3 Å². The Morgan fingerprint density at radius 3 is 2.38 bits per heavy atom. The van der Waals surface area contributed by atoms with E-state index in [1.807, 2.05) is 37.3 Å². The van der Waals surface area contributed by atoms with Crippen LogP contribution >= 0.6 is 11.6 Å². The van der Waals surface area contributed by atoms with Crippen LogP contribution in [0.3, 0.4) is 0 Å². The molecule has 0 atom stereocenters. The number of nitrogen functional groups attached to an aromatic ring is 1. The number of halogens is 1. The number of benzene rings is 2. The van der Waals surface area contributed by atoms with Gasteiger partial charge in [0, 0.05) is 10.7 Å². The first kappa shape index (κ1) is 11.0. The molecule has 0 aliphatic heterocycles. The number of aryl methyl sites for hydroxylation is 1. The van der Waals surface area contributed by atoms with Gasteiger partial charge in [0.25, 0.3) is 0 Å². The SMILES string of the molecule is Cc1cc(-c2cccc(Cl)c2)cc(N)c1C. The van der Waals surface area contributed by atoms with E-state index < -0.39 is 0 Å². The Kier molecular flexibility index (Phi) is 2.88. The fourth-order valence-corrected chi connectivity index (χ4v) is 1.91. The maximum absolute atomic E-state index is 5.97. The van der Waals surface area contributed by atoms with Crippen LogP contribution in [0, 0.1) is 13.8 Å². The molecule has 16 heavy (non-hydrogen) atoms. The van der Waals surface area contributed by atoms with Gasteiger partial charge in [0.2, 0.25) is 0 Å². The van der Waals surface area contributed by atoms with Gasteiger partial charge in [0.05, 0.1) is 0 Å². The van der Waals surface area contributed by atoms with Gasteiger partial charge in [-0.3, -0.25) is 0 Å². The fraction of sp³-hybridized carbons (Fsp3) is 0.143. The normalized spacial score (nSPS) is 10.4. The molecule has 2 aromatic rings. The van der Waals surface area contributed by atoms with Crippen LogP contribution in [-0.4, -0.2) is 0 Å². The number of rotatable bonds is 1. The van der Waals surface area contributed by atoms with Gasteiger partial charge in [0.1, 0.15) is 0 Å². The van der Waals surface area contributed by atoms with E-state index in [-0.39, 0.29) is 0 Å². The van der Waals surface area contributed by atoms with Gasteiger partial charge >= 0.3 is 0 Å². The first-order chi connectivity index (χ1) is 7.58. The molecule has 82 valence electrons. The number of anilines is 1. The summed E-state index contributed by atoms with van der Waals surface area (Å²) in [6.45, 7) is 4.10. The van der Waals surface area contributed by atoms with Crippen molar-refractivity contribution >= 4 is 17.3 Å². The number of hydrogen-bond donors (Lipinski definition) is 1. The van der Waals surface area contributed by atoms with E-state index in [2.05, 4.69) is 13.0 Å². The molecule has 0 spiro atoms. The van der Waals surface area contributed by atoms with E-state index in [0.29, 0.717) is 0 Å².